The summed E-state index contributed by atoms with van der Waals surface area (Å²) in [4.78, 5) is 11.8. The number of Topliss-reactive ketones (excluding diaryl/α,β-unsaturated/α-hetero) is 1. The first-order valence-corrected chi connectivity index (χ1v) is 8.07. The largest absolute Gasteiger partial charge is 0.493 e. The van der Waals surface area contributed by atoms with Crippen LogP contribution in [0.4, 0.5) is 0 Å². The van der Waals surface area contributed by atoms with Gasteiger partial charge in [-0.15, -0.1) is 0 Å². The van der Waals surface area contributed by atoms with Crippen molar-refractivity contribution in [1.29, 1.82) is 0 Å². The SMILES string of the molecule is CN(Cl)CC(=O)Cc1cccc(OCC2CCCCC2)c1. The van der Waals surface area contributed by atoms with Crippen molar-refractivity contribution < 1.29 is 9.53 Å². The number of ketones is 1. The molecule has 0 heterocycles. The lowest BCUT2D eigenvalue weighted by Gasteiger charge is -2.21. The normalized spacial score (nSPS) is 16.1. The number of rotatable bonds is 7. The number of nitrogens with zero attached hydrogens (tertiary/aromatic N) is 1. The summed E-state index contributed by atoms with van der Waals surface area (Å²) in [6.07, 6.45) is 6.98. The predicted octanol–water partition coefficient (Wildman–Crippen LogP) is 3.84. The highest BCUT2D eigenvalue weighted by Gasteiger charge is 2.14. The van der Waals surface area contributed by atoms with Gasteiger partial charge in [-0.3, -0.25) is 4.79 Å². The number of hydrogen-bond donors (Lipinski definition) is 0. The zero-order valence-corrected chi connectivity index (χ0v) is 13.4. The van der Waals surface area contributed by atoms with E-state index in [1.807, 2.05) is 24.3 Å². The lowest BCUT2D eigenvalue weighted by molar-refractivity contribution is -0.118. The average molecular weight is 310 g/mol. The molecule has 0 bridgehead atoms. The first-order chi connectivity index (χ1) is 10.1. The molecule has 4 heteroatoms. The molecule has 1 aliphatic carbocycles. The summed E-state index contributed by atoms with van der Waals surface area (Å²) in [5.41, 5.74) is 0.986. The van der Waals surface area contributed by atoms with Gasteiger partial charge >= 0.3 is 0 Å². The molecular weight excluding hydrogens is 286 g/mol. The third-order valence-electron chi connectivity index (χ3n) is 3.90. The van der Waals surface area contributed by atoms with E-state index in [4.69, 9.17) is 16.5 Å². The van der Waals surface area contributed by atoms with Gasteiger partial charge in [0.2, 0.25) is 0 Å². The minimum atomic E-state index is 0.108. The lowest BCUT2D eigenvalue weighted by atomic mass is 9.90. The summed E-state index contributed by atoms with van der Waals surface area (Å²) < 4.78 is 7.28. The quantitative estimate of drug-likeness (QED) is 0.717. The van der Waals surface area contributed by atoms with Gasteiger partial charge in [0.15, 0.2) is 5.78 Å². The number of carbonyl (C=O) groups excluding carboxylic acids is 1. The molecule has 1 aliphatic rings. The van der Waals surface area contributed by atoms with Gasteiger partial charge in [0.05, 0.1) is 13.2 Å². The van der Waals surface area contributed by atoms with Crippen LogP contribution in [0.5, 0.6) is 5.75 Å². The van der Waals surface area contributed by atoms with Gasteiger partial charge in [-0.25, -0.2) is 4.42 Å². The monoisotopic (exact) mass is 309 g/mol. The van der Waals surface area contributed by atoms with E-state index in [2.05, 4.69) is 0 Å². The average Bonchev–Trinajstić information content (AvgIpc) is 2.46. The number of halogens is 1. The van der Waals surface area contributed by atoms with E-state index in [9.17, 15) is 4.79 Å². The van der Waals surface area contributed by atoms with Gasteiger partial charge in [-0.1, -0.05) is 31.4 Å². The molecular formula is C17H24ClNO2. The Balaban J connectivity index is 1.83. The number of likely N-dealkylation sites (N-methyl/N-ethyl adjacent to an activating group) is 1. The topological polar surface area (TPSA) is 29.5 Å². The van der Waals surface area contributed by atoms with E-state index in [1.54, 1.807) is 7.05 Å². The maximum absolute atomic E-state index is 11.8. The minimum absolute atomic E-state index is 0.108. The predicted molar refractivity (Wildman–Crippen MR) is 85.7 cm³/mol. The van der Waals surface area contributed by atoms with Crippen molar-refractivity contribution in [3.05, 3.63) is 29.8 Å². The molecule has 116 valence electrons. The number of ether oxygens (including phenoxy) is 1. The van der Waals surface area contributed by atoms with Gasteiger partial charge in [-0.05, 0) is 48.2 Å². The molecule has 0 atom stereocenters. The summed E-state index contributed by atoms with van der Waals surface area (Å²) in [6.45, 7) is 1.05. The third-order valence-corrected chi connectivity index (χ3v) is 4.02. The van der Waals surface area contributed by atoms with Crippen LogP contribution in [0, 0.1) is 5.92 Å². The maximum Gasteiger partial charge on any atom is 0.152 e. The van der Waals surface area contributed by atoms with Crippen molar-refractivity contribution in [2.45, 2.75) is 38.5 Å². The maximum atomic E-state index is 11.8. The van der Waals surface area contributed by atoms with Crippen LogP contribution in [-0.2, 0) is 11.2 Å². The molecule has 0 amide bonds. The molecule has 0 aromatic heterocycles. The Morgan fingerprint density at radius 2 is 2.10 bits per heavy atom. The lowest BCUT2D eigenvalue weighted by Crippen LogP contribution is -2.19. The molecule has 0 radical (unpaired) electrons. The summed E-state index contributed by atoms with van der Waals surface area (Å²) in [5, 5.41) is 0. The van der Waals surface area contributed by atoms with Crippen LogP contribution >= 0.6 is 11.8 Å². The molecule has 1 aromatic carbocycles. The highest BCUT2D eigenvalue weighted by Crippen LogP contribution is 2.25. The van der Waals surface area contributed by atoms with Crippen molar-refractivity contribution in [3.63, 3.8) is 0 Å². The van der Waals surface area contributed by atoms with E-state index in [0.29, 0.717) is 12.3 Å². The van der Waals surface area contributed by atoms with E-state index in [-0.39, 0.29) is 12.3 Å². The van der Waals surface area contributed by atoms with E-state index >= 15 is 0 Å². The Hall–Kier alpha value is -1.06. The first kappa shape index (κ1) is 16.3. The molecule has 0 saturated heterocycles. The second-order valence-electron chi connectivity index (χ2n) is 5.94. The Bertz CT molecular complexity index is 456. The van der Waals surface area contributed by atoms with Crippen LogP contribution in [-0.4, -0.2) is 30.4 Å². The molecule has 1 saturated carbocycles. The molecule has 0 unspecified atom stereocenters. The fourth-order valence-corrected chi connectivity index (χ4v) is 2.97. The van der Waals surface area contributed by atoms with Gasteiger partial charge in [-0.2, -0.15) is 0 Å². The van der Waals surface area contributed by atoms with Gasteiger partial charge < -0.3 is 4.74 Å². The summed E-state index contributed by atoms with van der Waals surface area (Å²) in [5.74, 6) is 1.66. The fourth-order valence-electron chi connectivity index (χ4n) is 2.84. The Labute approximate surface area is 132 Å². The minimum Gasteiger partial charge on any atom is -0.493 e. The van der Waals surface area contributed by atoms with Crippen LogP contribution in [0.1, 0.15) is 37.7 Å². The zero-order valence-electron chi connectivity index (χ0n) is 12.7. The van der Waals surface area contributed by atoms with Gasteiger partial charge in [0, 0.05) is 13.5 Å². The standard InChI is InChI=1S/C17H24ClNO2/c1-19(18)12-16(20)10-15-8-5-9-17(11-15)21-13-14-6-3-2-4-7-14/h5,8-9,11,14H,2-4,6-7,10,12-13H2,1H3. The van der Waals surface area contributed by atoms with Crippen LogP contribution < -0.4 is 4.74 Å². The Morgan fingerprint density at radius 3 is 2.81 bits per heavy atom. The second-order valence-corrected chi connectivity index (χ2v) is 6.52. The Morgan fingerprint density at radius 1 is 1.33 bits per heavy atom. The second kappa shape index (κ2) is 8.40. The Kier molecular flexibility index (Phi) is 6.52. The summed E-state index contributed by atoms with van der Waals surface area (Å²) in [7, 11) is 1.68. The van der Waals surface area contributed by atoms with Crippen molar-refractivity contribution in [1.82, 2.24) is 4.42 Å². The molecule has 3 nitrogen and oxygen atoms in total. The summed E-state index contributed by atoms with van der Waals surface area (Å²) >= 11 is 5.69. The van der Waals surface area contributed by atoms with Gasteiger partial charge in [0.1, 0.15) is 5.75 Å². The van der Waals surface area contributed by atoms with Crippen LogP contribution in [0.15, 0.2) is 24.3 Å². The van der Waals surface area contributed by atoms with Crippen molar-refractivity contribution >= 4 is 17.6 Å². The molecule has 1 aromatic rings. The van der Waals surface area contributed by atoms with Crippen LogP contribution in [0.2, 0.25) is 0 Å². The van der Waals surface area contributed by atoms with E-state index < -0.39 is 0 Å². The zero-order chi connectivity index (χ0) is 15.1. The fraction of sp³-hybridized carbons (Fsp3) is 0.588. The van der Waals surface area contributed by atoms with Crippen molar-refractivity contribution in [2.24, 2.45) is 5.92 Å². The molecule has 1 fully saturated rings. The molecule has 0 aliphatic heterocycles. The number of carbonyl (C=O) groups is 1. The molecule has 0 spiro atoms. The van der Waals surface area contributed by atoms with Gasteiger partial charge in [0.25, 0.3) is 0 Å². The van der Waals surface area contributed by atoms with Crippen LogP contribution in [0.3, 0.4) is 0 Å². The molecule has 21 heavy (non-hydrogen) atoms. The summed E-state index contributed by atoms with van der Waals surface area (Å²) in [6, 6.07) is 7.84. The first-order valence-electron chi connectivity index (χ1n) is 7.74. The smallest absolute Gasteiger partial charge is 0.152 e. The van der Waals surface area contributed by atoms with Crippen molar-refractivity contribution in [3.8, 4) is 5.75 Å². The molecule has 2 rings (SSSR count). The van der Waals surface area contributed by atoms with Crippen LogP contribution in [0.25, 0.3) is 0 Å². The number of hydrogen-bond acceptors (Lipinski definition) is 3. The highest BCUT2D eigenvalue weighted by molar-refractivity contribution is 6.14. The van der Waals surface area contributed by atoms with E-state index in [0.717, 1.165) is 17.9 Å². The number of benzene rings is 1. The third kappa shape index (κ3) is 6.06. The van der Waals surface area contributed by atoms with E-state index in [1.165, 1.54) is 36.5 Å². The molecule has 0 N–H and O–H groups in total. The van der Waals surface area contributed by atoms with Crippen molar-refractivity contribution in [2.75, 3.05) is 20.2 Å². The highest BCUT2D eigenvalue weighted by atomic mass is 35.5.